The van der Waals surface area contributed by atoms with Gasteiger partial charge in [-0.2, -0.15) is 10.2 Å². The van der Waals surface area contributed by atoms with Crippen LogP contribution in [0.2, 0.25) is 0 Å². The molecule has 120 valence electrons. The minimum Gasteiger partial charge on any atom is -0.308 e. The van der Waals surface area contributed by atoms with Crippen molar-refractivity contribution in [2.75, 3.05) is 11.9 Å². The van der Waals surface area contributed by atoms with Gasteiger partial charge >= 0.3 is 0 Å². The molecule has 1 amide bonds. The molecule has 0 saturated carbocycles. The number of amidine groups is 1. The fraction of sp³-hybridized carbons (Fsp3) is 0.286. The van der Waals surface area contributed by atoms with Crippen molar-refractivity contribution in [3.63, 3.8) is 0 Å². The Labute approximate surface area is 133 Å². The zero-order valence-electron chi connectivity index (χ0n) is 12.6. The molecule has 0 radical (unpaired) electrons. The normalized spacial score (nSPS) is 21.0. The van der Waals surface area contributed by atoms with Crippen molar-refractivity contribution in [3.05, 3.63) is 24.3 Å². The van der Waals surface area contributed by atoms with Gasteiger partial charge in [-0.1, -0.05) is 19.1 Å². The summed E-state index contributed by atoms with van der Waals surface area (Å²) < 4.78 is 25.2. The van der Waals surface area contributed by atoms with Crippen molar-refractivity contribution < 1.29 is 13.2 Å². The van der Waals surface area contributed by atoms with Gasteiger partial charge in [-0.25, -0.2) is 8.42 Å². The maximum atomic E-state index is 12.6. The lowest BCUT2D eigenvalue weighted by Crippen LogP contribution is -2.43. The predicted octanol–water partition coefficient (Wildman–Crippen LogP) is 0.908. The third-order valence-electron chi connectivity index (χ3n) is 3.64. The van der Waals surface area contributed by atoms with E-state index < -0.39 is 20.8 Å². The molecule has 2 aliphatic rings. The van der Waals surface area contributed by atoms with E-state index in [-0.39, 0.29) is 4.90 Å². The SMILES string of the molecule is CCC1=NN=C(NN=C2C(=O)N(C)c3ccccc3S2(=O)=O)C1. The number of sulfone groups is 1. The van der Waals surface area contributed by atoms with E-state index in [9.17, 15) is 13.2 Å². The Hall–Kier alpha value is -2.55. The molecule has 1 aromatic carbocycles. The van der Waals surface area contributed by atoms with Crippen LogP contribution in [0.4, 0.5) is 5.69 Å². The van der Waals surface area contributed by atoms with Gasteiger partial charge in [0.05, 0.1) is 10.6 Å². The standard InChI is InChI=1S/C14H15N5O3S/c1-3-9-8-12(16-15-9)17-18-13-14(20)19(2)10-6-4-5-7-11(10)23(13,21)22/h4-7H,3,8H2,1-2H3,(H,16,17). The topological polar surface area (TPSA) is 104 Å². The summed E-state index contributed by atoms with van der Waals surface area (Å²) in [5, 5.41) is 11.1. The first kappa shape index (κ1) is 15.3. The zero-order valence-corrected chi connectivity index (χ0v) is 13.5. The highest BCUT2D eigenvalue weighted by molar-refractivity contribution is 8.08. The number of hydrazone groups is 1. The Bertz CT molecular complexity index is 870. The summed E-state index contributed by atoms with van der Waals surface area (Å²) in [6, 6.07) is 6.31. The highest BCUT2D eigenvalue weighted by Crippen LogP contribution is 2.30. The number of rotatable bonds is 2. The fourth-order valence-corrected chi connectivity index (χ4v) is 3.79. The van der Waals surface area contributed by atoms with E-state index in [1.807, 2.05) is 6.92 Å². The maximum absolute atomic E-state index is 12.6. The largest absolute Gasteiger partial charge is 0.308 e. The lowest BCUT2D eigenvalue weighted by atomic mass is 10.2. The molecule has 0 aromatic heterocycles. The average Bonchev–Trinajstić information content (AvgIpc) is 3.01. The molecule has 8 nitrogen and oxygen atoms in total. The van der Waals surface area contributed by atoms with Gasteiger partial charge < -0.3 is 4.90 Å². The number of amides is 1. The van der Waals surface area contributed by atoms with E-state index in [0.717, 1.165) is 12.1 Å². The molecule has 0 spiro atoms. The summed E-state index contributed by atoms with van der Waals surface area (Å²) in [7, 11) is -2.46. The van der Waals surface area contributed by atoms with E-state index in [1.165, 1.54) is 18.0 Å². The number of nitrogens with one attached hydrogen (secondary N) is 1. The van der Waals surface area contributed by atoms with E-state index in [0.29, 0.717) is 17.9 Å². The highest BCUT2D eigenvalue weighted by Gasteiger charge is 2.40. The zero-order chi connectivity index (χ0) is 16.6. The molecule has 23 heavy (non-hydrogen) atoms. The van der Waals surface area contributed by atoms with Crippen molar-refractivity contribution in [2.24, 2.45) is 15.3 Å². The Morgan fingerprint density at radius 1 is 1.30 bits per heavy atom. The van der Waals surface area contributed by atoms with Crippen molar-refractivity contribution in [2.45, 2.75) is 24.7 Å². The van der Waals surface area contributed by atoms with Crippen molar-refractivity contribution in [1.82, 2.24) is 5.43 Å². The van der Waals surface area contributed by atoms with Gasteiger partial charge in [-0.15, -0.1) is 5.10 Å². The van der Waals surface area contributed by atoms with Crippen LogP contribution in [-0.2, 0) is 14.6 Å². The number of nitrogens with zero attached hydrogens (tertiary/aromatic N) is 4. The van der Waals surface area contributed by atoms with Gasteiger partial charge in [0.25, 0.3) is 5.91 Å². The summed E-state index contributed by atoms with van der Waals surface area (Å²) in [5.41, 5.74) is 3.76. The van der Waals surface area contributed by atoms with Crippen LogP contribution in [0.15, 0.2) is 44.5 Å². The van der Waals surface area contributed by atoms with E-state index in [1.54, 1.807) is 18.2 Å². The second-order valence-corrected chi connectivity index (χ2v) is 6.94. The molecule has 1 aromatic rings. The van der Waals surface area contributed by atoms with E-state index >= 15 is 0 Å². The molecule has 1 N–H and O–H groups in total. The minimum absolute atomic E-state index is 0.0570. The molecule has 3 rings (SSSR count). The van der Waals surface area contributed by atoms with Gasteiger partial charge in [0.15, 0.2) is 5.84 Å². The number of hydrogen-bond donors (Lipinski definition) is 1. The Morgan fingerprint density at radius 3 is 2.74 bits per heavy atom. The predicted molar refractivity (Wildman–Crippen MR) is 87.4 cm³/mol. The third-order valence-corrected chi connectivity index (χ3v) is 5.34. The molecule has 0 unspecified atom stereocenters. The first-order chi connectivity index (χ1) is 10.9. The van der Waals surface area contributed by atoms with Gasteiger partial charge in [0.1, 0.15) is 0 Å². The summed E-state index contributed by atoms with van der Waals surface area (Å²) in [6.07, 6.45) is 1.21. The molecule has 0 saturated heterocycles. The van der Waals surface area contributed by atoms with E-state index in [2.05, 4.69) is 20.7 Å². The third kappa shape index (κ3) is 2.52. The molecule has 2 heterocycles. The van der Waals surface area contributed by atoms with Crippen molar-refractivity contribution in [3.8, 4) is 0 Å². The lowest BCUT2D eigenvalue weighted by Gasteiger charge is -2.25. The van der Waals surface area contributed by atoms with E-state index in [4.69, 9.17) is 0 Å². The molecule has 2 aliphatic heterocycles. The number of carbonyl (C=O) groups is 1. The molecular formula is C14H15N5O3S. The summed E-state index contributed by atoms with van der Waals surface area (Å²) in [5.74, 6) is -0.273. The first-order valence-corrected chi connectivity index (χ1v) is 8.51. The summed E-state index contributed by atoms with van der Waals surface area (Å²) >= 11 is 0. The van der Waals surface area contributed by atoms with Crippen LogP contribution in [0, 0.1) is 0 Å². The quantitative estimate of drug-likeness (QED) is 0.812. The molecule has 0 atom stereocenters. The highest BCUT2D eigenvalue weighted by atomic mass is 32.2. The molecule has 0 bridgehead atoms. The van der Waals surface area contributed by atoms with Crippen LogP contribution in [0.5, 0.6) is 0 Å². The van der Waals surface area contributed by atoms with Crippen molar-refractivity contribution >= 4 is 38.0 Å². The van der Waals surface area contributed by atoms with Crippen LogP contribution in [0.25, 0.3) is 0 Å². The Balaban J connectivity index is 1.94. The number of carbonyl (C=O) groups excluding carboxylic acids is 1. The van der Waals surface area contributed by atoms with Gasteiger partial charge in [0, 0.05) is 19.2 Å². The first-order valence-electron chi connectivity index (χ1n) is 7.03. The molecule has 9 heteroatoms. The summed E-state index contributed by atoms with van der Waals surface area (Å²) in [6.45, 7) is 1.95. The molecule has 0 fully saturated rings. The van der Waals surface area contributed by atoms with Crippen LogP contribution in [-0.4, -0.2) is 38.0 Å². The van der Waals surface area contributed by atoms with Crippen LogP contribution >= 0.6 is 0 Å². The van der Waals surface area contributed by atoms with Gasteiger partial charge in [-0.05, 0) is 18.6 Å². The number of fused-ring (bicyclic) bond motifs is 1. The van der Waals surface area contributed by atoms with Gasteiger partial charge in [0.2, 0.25) is 14.9 Å². The fourth-order valence-electron chi connectivity index (χ4n) is 2.31. The van der Waals surface area contributed by atoms with Gasteiger partial charge in [-0.3, -0.25) is 10.2 Å². The Kier molecular flexibility index (Phi) is 3.72. The van der Waals surface area contributed by atoms with Crippen LogP contribution in [0.1, 0.15) is 19.8 Å². The van der Waals surface area contributed by atoms with Crippen LogP contribution in [0.3, 0.4) is 0 Å². The maximum Gasteiger partial charge on any atom is 0.290 e. The molecule has 0 aliphatic carbocycles. The number of para-hydroxylation sites is 1. The molecular weight excluding hydrogens is 318 g/mol. The Morgan fingerprint density at radius 2 is 2.04 bits per heavy atom. The number of hydrogen-bond acceptors (Lipinski definition) is 7. The number of benzene rings is 1. The van der Waals surface area contributed by atoms with Crippen LogP contribution < -0.4 is 10.3 Å². The number of anilines is 1. The lowest BCUT2D eigenvalue weighted by molar-refractivity contribution is -0.112. The monoisotopic (exact) mass is 333 g/mol. The second-order valence-electron chi connectivity index (χ2n) is 5.11. The minimum atomic E-state index is -3.97. The average molecular weight is 333 g/mol. The summed E-state index contributed by atoms with van der Waals surface area (Å²) in [4.78, 5) is 13.7. The second kappa shape index (κ2) is 5.58. The van der Waals surface area contributed by atoms with Crippen molar-refractivity contribution in [1.29, 1.82) is 0 Å². The smallest absolute Gasteiger partial charge is 0.290 e.